The predicted octanol–water partition coefficient (Wildman–Crippen LogP) is 1.80. The Morgan fingerprint density at radius 2 is 2.00 bits per heavy atom. The van der Waals surface area contributed by atoms with Crippen LogP contribution in [0.1, 0.15) is 30.3 Å². The van der Waals surface area contributed by atoms with E-state index in [2.05, 4.69) is 5.32 Å². The number of nitrogens with zero attached hydrogens (tertiary/aromatic N) is 2. The first kappa shape index (κ1) is 16.0. The highest BCUT2D eigenvalue weighted by Crippen LogP contribution is 2.26. The molecule has 0 saturated heterocycles. The molecule has 0 radical (unpaired) electrons. The van der Waals surface area contributed by atoms with Crippen molar-refractivity contribution in [2.75, 3.05) is 14.1 Å². The van der Waals surface area contributed by atoms with Crippen molar-refractivity contribution in [3.63, 3.8) is 0 Å². The summed E-state index contributed by atoms with van der Waals surface area (Å²) in [5.41, 5.74) is 1.44. The molecule has 0 aliphatic heterocycles. The Balaban J connectivity index is 2.08. The van der Waals surface area contributed by atoms with Gasteiger partial charge < -0.3 is 9.88 Å². The highest BCUT2D eigenvalue weighted by Gasteiger charge is 2.26. The molecule has 0 atom stereocenters. The van der Waals surface area contributed by atoms with Crippen LogP contribution in [-0.2, 0) is 16.6 Å². The van der Waals surface area contributed by atoms with Crippen molar-refractivity contribution in [3.8, 4) is 0 Å². The topological polar surface area (TPSA) is 71.4 Å². The lowest BCUT2D eigenvalue weighted by Crippen LogP contribution is -2.27. The number of carbonyl (C=O) groups excluding carboxylic acids is 1. The number of hydrogen-bond acceptors (Lipinski definition) is 3. The Morgan fingerprint density at radius 1 is 1.30 bits per heavy atom. The van der Waals surface area contributed by atoms with Crippen molar-refractivity contribution in [3.05, 3.63) is 30.0 Å². The maximum atomic E-state index is 12.4. The van der Waals surface area contributed by atoms with Crippen molar-refractivity contribution < 1.29 is 13.2 Å². The van der Waals surface area contributed by atoms with Crippen molar-refractivity contribution in [1.29, 1.82) is 0 Å². The highest BCUT2D eigenvalue weighted by molar-refractivity contribution is 7.89. The fourth-order valence-electron chi connectivity index (χ4n) is 2.64. The number of sulfonamides is 1. The molecule has 6 nitrogen and oxygen atoms in total. The number of hydrogen-bond donors (Lipinski definition) is 1. The summed E-state index contributed by atoms with van der Waals surface area (Å²) in [4.78, 5) is 12.6. The first-order valence-electron chi connectivity index (χ1n) is 7.71. The third-order valence-electron chi connectivity index (χ3n) is 4.11. The van der Waals surface area contributed by atoms with Crippen molar-refractivity contribution in [2.24, 2.45) is 0 Å². The van der Waals surface area contributed by atoms with E-state index in [0.717, 1.165) is 23.7 Å². The van der Waals surface area contributed by atoms with Crippen LogP contribution in [-0.4, -0.2) is 43.3 Å². The van der Waals surface area contributed by atoms with Crippen LogP contribution >= 0.6 is 0 Å². The summed E-state index contributed by atoms with van der Waals surface area (Å²) in [5.74, 6) is -0.0948. The maximum absolute atomic E-state index is 12.4. The van der Waals surface area contributed by atoms with Crippen molar-refractivity contribution in [2.45, 2.75) is 37.2 Å². The Hall–Kier alpha value is -1.86. The molecule has 1 aromatic carbocycles. The van der Waals surface area contributed by atoms with E-state index in [9.17, 15) is 13.2 Å². The third-order valence-corrected chi connectivity index (χ3v) is 5.92. The number of fused-ring (bicyclic) bond motifs is 1. The van der Waals surface area contributed by atoms with Crippen LogP contribution in [0.4, 0.5) is 0 Å². The number of aromatic nitrogens is 1. The number of carbonyl (C=O) groups is 1. The lowest BCUT2D eigenvalue weighted by atomic mass is 10.2. The van der Waals surface area contributed by atoms with Gasteiger partial charge in [-0.05, 0) is 44.0 Å². The zero-order valence-corrected chi connectivity index (χ0v) is 14.4. The molecule has 3 rings (SSSR count). The van der Waals surface area contributed by atoms with Crippen LogP contribution in [0.5, 0.6) is 0 Å². The first-order valence-corrected chi connectivity index (χ1v) is 9.15. The minimum Gasteiger partial charge on any atom is -0.348 e. The lowest BCUT2D eigenvalue weighted by molar-refractivity contribution is 0.0942. The summed E-state index contributed by atoms with van der Waals surface area (Å²) in [5, 5.41) is 3.74. The lowest BCUT2D eigenvalue weighted by Gasteiger charge is -2.11. The zero-order chi connectivity index (χ0) is 16.8. The van der Waals surface area contributed by atoms with E-state index in [1.165, 1.54) is 18.4 Å². The summed E-state index contributed by atoms with van der Waals surface area (Å²) in [6, 6.07) is 7.04. The monoisotopic (exact) mass is 335 g/mol. The van der Waals surface area contributed by atoms with Crippen LogP contribution in [0.15, 0.2) is 29.2 Å². The van der Waals surface area contributed by atoms with Gasteiger partial charge in [0.05, 0.1) is 4.90 Å². The fraction of sp³-hybridized carbons (Fsp3) is 0.438. The van der Waals surface area contributed by atoms with E-state index in [0.29, 0.717) is 12.2 Å². The summed E-state index contributed by atoms with van der Waals surface area (Å²) in [6.45, 7) is 2.62. The third kappa shape index (κ3) is 2.86. The molecule has 1 amide bonds. The Kier molecular flexibility index (Phi) is 3.93. The summed E-state index contributed by atoms with van der Waals surface area (Å²) in [7, 11) is -0.474. The molecule has 1 aromatic heterocycles. The summed E-state index contributed by atoms with van der Waals surface area (Å²) in [6.07, 6.45) is 2.06. The van der Waals surface area contributed by atoms with Crippen LogP contribution < -0.4 is 5.32 Å². The molecule has 7 heteroatoms. The van der Waals surface area contributed by atoms with E-state index in [-0.39, 0.29) is 16.8 Å². The van der Waals surface area contributed by atoms with Gasteiger partial charge in [-0.3, -0.25) is 4.79 Å². The van der Waals surface area contributed by atoms with Crippen molar-refractivity contribution in [1.82, 2.24) is 14.2 Å². The average molecular weight is 335 g/mol. The van der Waals surface area contributed by atoms with E-state index in [4.69, 9.17) is 0 Å². The maximum Gasteiger partial charge on any atom is 0.268 e. The molecule has 1 aliphatic rings. The van der Waals surface area contributed by atoms with E-state index < -0.39 is 10.0 Å². The van der Waals surface area contributed by atoms with Crippen molar-refractivity contribution >= 4 is 26.8 Å². The molecule has 1 aliphatic carbocycles. The second-order valence-electron chi connectivity index (χ2n) is 6.03. The predicted molar refractivity (Wildman–Crippen MR) is 89.0 cm³/mol. The molecule has 2 aromatic rings. The number of aryl methyl sites for hydroxylation is 1. The van der Waals surface area contributed by atoms with Crippen LogP contribution in [0.2, 0.25) is 0 Å². The molecule has 1 fully saturated rings. The number of nitrogens with one attached hydrogen (secondary N) is 1. The summed E-state index contributed by atoms with van der Waals surface area (Å²) >= 11 is 0. The van der Waals surface area contributed by atoms with Crippen LogP contribution in [0.3, 0.4) is 0 Å². The average Bonchev–Trinajstić information content (AvgIpc) is 3.23. The van der Waals surface area contributed by atoms with Gasteiger partial charge in [0.25, 0.3) is 5.91 Å². The Labute approximate surface area is 136 Å². The van der Waals surface area contributed by atoms with Crippen LogP contribution in [0.25, 0.3) is 10.9 Å². The van der Waals surface area contributed by atoms with Gasteiger partial charge in [-0.2, -0.15) is 0 Å². The number of benzene rings is 1. The molecule has 1 heterocycles. The van der Waals surface area contributed by atoms with Gasteiger partial charge >= 0.3 is 0 Å². The van der Waals surface area contributed by atoms with Gasteiger partial charge in [0, 0.05) is 37.6 Å². The molecule has 1 N–H and O–H groups in total. The van der Waals surface area contributed by atoms with Gasteiger partial charge in [-0.15, -0.1) is 0 Å². The smallest absolute Gasteiger partial charge is 0.268 e. The molecule has 0 bridgehead atoms. The second-order valence-corrected chi connectivity index (χ2v) is 8.18. The normalized spacial score (nSPS) is 15.3. The molecule has 23 heavy (non-hydrogen) atoms. The minimum absolute atomic E-state index is 0.0948. The molecule has 1 saturated carbocycles. The summed E-state index contributed by atoms with van der Waals surface area (Å²) < 4.78 is 27.6. The van der Waals surface area contributed by atoms with Crippen LogP contribution in [0, 0.1) is 0 Å². The molecule has 0 spiro atoms. The van der Waals surface area contributed by atoms with Gasteiger partial charge in [-0.25, -0.2) is 12.7 Å². The van der Waals surface area contributed by atoms with E-state index in [1.54, 1.807) is 24.3 Å². The highest BCUT2D eigenvalue weighted by atomic mass is 32.2. The first-order chi connectivity index (χ1) is 10.8. The Bertz CT molecular complexity index is 864. The number of rotatable bonds is 5. The zero-order valence-electron chi connectivity index (χ0n) is 13.5. The quantitative estimate of drug-likeness (QED) is 0.906. The Morgan fingerprint density at radius 3 is 2.57 bits per heavy atom. The standard InChI is InChI=1S/C16H21N3O3S/c1-4-19-14-8-7-13(23(21,22)18(2)3)9-11(14)10-15(19)16(20)17-12-5-6-12/h7-10,12H,4-6H2,1-3H3,(H,17,20). The largest absolute Gasteiger partial charge is 0.348 e. The van der Waals surface area contributed by atoms with E-state index in [1.807, 2.05) is 11.5 Å². The molecular weight excluding hydrogens is 314 g/mol. The van der Waals surface area contributed by atoms with Gasteiger partial charge in [0.15, 0.2) is 0 Å². The molecule has 0 unspecified atom stereocenters. The molecule has 124 valence electrons. The molecular formula is C16H21N3O3S. The van der Waals surface area contributed by atoms with Gasteiger partial charge in [-0.1, -0.05) is 0 Å². The van der Waals surface area contributed by atoms with Gasteiger partial charge in [0.1, 0.15) is 5.69 Å². The van der Waals surface area contributed by atoms with Gasteiger partial charge in [0.2, 0.25) is 10.0 Å². The fourth-order valence-corrected chi connectivity index (χ4v) is 3.57. The second kappa shape index (κ2) is 5.65. The number of amides is 1. The minimum atomic E-state index is -3.48. The van der Waals surface area contributed by atoms with E-state index >= 15 is 0 Å². The SMILES string of the molecule is CCn1c(C(=O)NC2CC2)cc2cc(S(=O)(=O)N(C)C)ccc21.